The Morgan fingerprint density at radius 1 is 1.04 bits per heavy atom. The van der Waals surface area contributed by atoms with Crippen molar-refractivity contribution in [3.63, 3.8) is 0 Å². The second kappa shape index (κ2) is 5.65. The summed E-state index contributed by atoms with van der Waals surface area (Å²) >= 11 is 0. The van der Waals surface area contributed by atoms with Crippen molar-refractivity contribution in [2.45, 2.75) is 19.8 Å². The number of H-pyrrole nitrogens is 1. The van der Waals surface area contributed by atoms with Gasteiger partial charge in [0, 0.05) is 36.6 Å². The van der Waals surface area contributed by atoms with Crippen molar-refractivity contribution in [2.75, 3.05) is 34.4 Å². The molecule has 24 heavy (non-hydrogen) atoms. The summed E-state index contributed by atoms with van der Waals surface area (Å²) in [6.45, 7) is 4.47. The number of aryl methyl sites for hydroxylation is 1. The maximum Gasteiger partial charge on any atom is 0.204 e. The van der Waals surface area contributed by atoms with Gasteiger partial charge in [0.05, 0.1) is 32.2 Å². The molecule has 0 saturated carbocycles. The van der Waals surface area contributed by atoms with E-state index in [1.54, 1.807) is 21.3 Å². The maximum atomic E-state index is 5.75. The first-order chi connectivity index (χ1) is 11.7. The minimum Gasteiger partial charge on any atom is -0.493 e. The molecule has 2 bridgehead atoms. The van der Waals surface area contributed by atoms with Gasteiger partial charge in [0.25, 0.3) is 0 Å². The van der Waals surface area contributed by atoms with Crippen LogP contribution in [0.4, 0.5) is 0 Å². The highest BCUT2D eigenvalue weighted by Gasteiger charge is 2.32. The molecule has 3 aliphatic heterocycles. The van der Waals surface area contributed by atoms with Gasteiger partial charge in [0.15, 0.2) is 11.5 Å². The van der Waals surface area contributed by atoms with E-state index in [1.807, 2.05) is 6.07 Å². The van der Waals surface area contributed by atoms with Crippen LogP contribution in [0.25, 0.3) is 16.5 Å². The lowest BCUT2D eigenvalue weighted by molar-refractivity contribution is 0.252. The molecule has 5 nitrogen and oxygen atoms in total. The minimum absolute atomic E-state index is 0.630. The van der Waals surface area contributed by atoms with Gasteiger partial charge in [-0.3, -0.25) is 0 Å². The Labute approximate surface area is 142 Å². The number of nitrogens with one attached hydrogen (secondary N) is 1. The number of ether oxygens (including phenoxy) is 3. The normalized spacial score (nSPS) is 17.3. The van der Waals surface area contributed by atoms with E-state index in [0.29, 0.717) is 17.4 Å². The average Bonchev–Trinajstić information content (AvgIpc) is 2.96. The first-order valence-corrected chi connectivity index (χ1v) is 8.45. The molecule has 0 amide bonds. The lowest BCUT2D eigenvalue weighted by Crippen LogP contribution is -2.35. The van der Waals surface area contributed by atoms with Crippen molar-refractivity contribution in [1.82, 2.24) is 9.88 Å². The molecule has 5 heteroatoms. The predicted molar refractivity (Wildman–Crippen MR) is 95.0 cm³/mol. The van der Waals surface area contributed by atoms with E-state index in [2.05, 4.69) is 23.0 Å². The molecule has 1 aromatic heterocycles. The molecule has 128 valence electrons. The van der Waals surface area contributed by atoms with E-state index >= 15 is 0 Å². The highest BCUT2D eigenvalue weighted by atomic mass is 16.5. The quantitative estimate of drug-likeness (QED) is 0.932. The van der Waals surface area contributed by atoms with E-state index in [1.165, 1.54) is 42.8 Å². The van der Waals surface area contributed by atoms with Gasteiger partial charge in [-0.2, -0.15) is 0 Å². The van der Waals surface area contributed by atoms with E-state index in [-0.39, 0.29) is 0 Å². The van der Waals surface area contributed by atoms with Crippen LogP contribution >= 0.6 is 0 Å². The number of hydrogen-bond acceptors (Lipinski definition) is 4. The Balaban J connectivity index is 2.01. The molecular formula is C19H24N2O3. The molecule has 1 saturated heterocycles. The fourth-order valence-corrected chi connectivity index (χ4v) is 4.23. The summed E-state index contributed by atoms with van der Waals surface area (Å²) in [6.07, 6.45) is 4.80. The molecule has 0 atom stereocenters. The predicted octanol–water partition coefficient (Wildman–Crippen LogP) is 3.57. The summed E-state index contributed by atoms with van der Waals surface area (Å²) in [5.74, 6) is 2.70. The third-order valence-electron chi connectivity index (χ3n) is 5.36. The van der Waals surface area contributed by atoms with Gasteiger partial charge in [-0.05, 0) is 31.3 Å². The zero-order valence-electron chi connectivity index (χ0n) is 14.7. The molecule has 5 rings (SSSR count). The van der Waals surface area contributed by atoms with Crippen LogP contribution in [0.1, 0.15) is 24.1 Å². The van der Waals surface area contributed by atoms with E-state index in [4.69, 9.17) is 14.2 Å². The fraction of sp³-hybridized carbons (Fsp3) is 0.474. The van der Waals surface area contributed by atoms with Gasteiger partial charge < -0.3 is 24.1 Å². The Morgan fingerprint density at radius 2 is 1.75 bits per heavy atom. The lowest BCUT2D eigenvalue weighted by Gasteiger charge is -2.39. The van der Waals surface area contributed by atoms with Crippen molar-refractivity contribution in [3.05, 3.63) is 23.5 Å². The number of fused-ring (bicyclic) bond motifs is 3. The van der Waals surface area contributed by atoms with Gasteiger partial charge in [0.1, 0.15) is 0 Å². The van der Waals surface area contributed by atoms with Crippen LogP contribution in [0.3, 0.4) is 0 Å². The molecule has 4 heterocycles. The maximum absolute atomic E-state index is 5.75. The van der Waals surface area contributed by atoms with Gasteiger partial charge in [0.2, 0.25) is 5.75 Å². The number of allylic oxidation sites excluding steroid dienone is 1. The van der Waals surface area contributed by atoms with Crippen LogP contribution in [0, 0.1) is 12.8 Å². The zero-order valence-corrected chi connectivity index (χ0v) is 14.7. The van der Waals surface area contributed by atoms with Crippen LogP contribution in [0.15, 0.2) is 12.3 Å². The minimum atomic E-state index is 0.630. The third kappa shape index (κ3) is 2.07. The smallest absolute Gasteiger partial charge is 0.204 e. The molecule has 2 aromatic rings. The third-order valence-corrected chi connectivity index (χ3v) is 5.36. The molecule has 0 aliphatic carbocycles. The molecule has 0 spiro atoms. The Bertz CT molecular complexity index is 814. The van der Waals surface area contributed by atoms with E-state index in [9.17, 15) is 0 Å². The summed E-state index contributed by atoms with van der Waals surface area (Å²) in [7, 11) is 4.99. The highest BCUT2D eigenvalue weighted by molar-refractivity contribution is 6.01. The summed E-state index contributed by atoms with van der Waals surface area (Å²) in [4.78, 5) is 5.94. The van der Waals surface area contributed by atoms with Gasteiger partial charge in [-0.1, -0.05) is 0 Å². The second-order valence-electron chi connectivity index (χ2n) is 6.59. The van der Waals surface area contributed by atoms with Crippen molar-refractivity contribution < 1.29 is 14.2 Å². The van der Waals surface area contributed by atoms with Crippen LogP contribution < -0.4 is 14.2 Å². The van der Waals surface area contributed by atoms with Gasteiger partial charge >= 0.3 is 0 Å². The fourth-order valence-electron chi connectivity index (χ4n) is 4.23. The monoisotopic (exact) mass is 328 g/mol. The average molecular weight is 328 g/mol. The number of rotatable bonds is 4. The number of benzene rings is 1. The molecule has 1 fully saturated rings. The molecular weight excluding hydrogens is 304 g/mol. The Morgan fingerprint density at radius 3 is 2.29 bits per heavy atom. The molecule has 0 unspecified atom stereocenters. The van der Waals surface area contributed by atoms with Crippen molar-refractivity contribution >= 4 is 16.5 Å². The zero-order chi connectivity index (χ0) is 16.8. The van der Waals surface area contributed by atoms with Crippen LogP contribution in [-0.4, -0.2) is 44.3 Å². The van der Waals surface area contributed by atoms with Crippen molar-refractivity contribution in [2.24, 2.45) is 5.92 Å². The van der Waals surface area contributed by atoms with Crippen molar-refractivity contribution in [1.29, 1.82) is 0 Å². The molecule has 3 aliphatic rings. The lowest BCUT2D eigenvalue weighted by atomic mass is 9.81. The molecule has 0 radical (unpaired) electrons. The summed E-state index contributed by atoms with van der Waals surface area (Å²) in [6, 6.07) is 2.00. The Kier molecular flexibility index (Phi) is 3.59. The first kappa shape index (κ1) is 15.2. The van der Waals surface area contributed by atoms with Crippen LogP contribution in [0.5, 0.6) is 17.2 Å². The largest absolute Gasteiger partial charge is 0.493 e. The second-order valence-corrected chi connectivity index (χ2v) is 6.59. The SMILES string of the molecule is COc1cc2[nH]c(C)c(C3=CN4CCC3CC4)c2c(OC)c1OC. The topological polar surface area (TPSA) is 46.7 Å². The summed E-state index contributed by atoms with van der Waals surface area (Å²) in [5, 5.41) is 1.09. The number of aromatic amines is 1. The van der Waals surface area contributed by atoms with Crippen LogP contribution in [-0.2, 0) is 0 Å². The molecule has 1 aromatic carbocycles. The van der Waals surface area contributed by atoms with Crippen molar-refractivity contribution in [3.8, 4) is 17.2 Å². The number of hydrogen-bond donors (Lipinski definition) is 1. The van der Waals surface area contributed by atoms with E-state index < -0.39 is 0 Å². The standard InChI is InChI=1S/C19H24N2O3/c1-11-16(13-10-21-7-5-12(13)6-8-21)17-14(20-11)9-15(22-2)18(23-3)19(17)24-4/h9-10,12,20H,5-8H2,1-4H3. The van der Waals surface area contributed by atoms with Gasteiger partial charge in [-0.15, -0.1) is 0 Å². The molecule has 1 N–H and O–H groups in total. The van der Waals surface area contributed by atoms with Crippen LogP contribution in [0.2, 0.25) is 0 Å². The van der Waals surface area contributed by atoms with Gasteiger partial charge in [-0.25, -0.2) is 0 Å². The number of methoxy groups -OCH3 is 3. The summed E-state index contributed by atoms with van der Waals surface area (Å²) < 4.78 is 16.8. The highest BCUT2D eigenvalue weighted by Crippen LogP contribution is 2.49. The van der Waals surface area contributed by atoms with E-state index in [0.717, 1.165) is 16.7 Å². The number of nitrogens with zero attached hydrogens (tertiary/aromatic N) is 1. The summed E-state index contributed by atoms with van der Waals surface area (Å²) in [5.41, 5.74) is 4.87. The number of aromatic nitrogens is 1. The Hall–Kier alpha value is -2.30. The first-order valence-electron chi connectivity index (χ1n) is 8.45. The number of piperidine rings is 1.